The number of phenols is 1. The first kappa shape index (κ1) is 18.0. The maximum absolute atomic E-state index is 12.3. The van der Waals surface area contributed by atoms with E-state index in [1.807, 2.05) is 0 Å². The molecule has 7 nitrogen and oxygen atoms in total. The van der Waals surface area contributed by atoms with Crippen molar-refractivity contribution in [3.05, 3.63) is 34.2 Å². The number of nitrogens with zero attached hydrogens (tertiary/aromatic N) is 1. The Hall–Kier alpha value is -2.39. The Balaban J connectivity index is 2.21. The zero-order valence-corrected chi connectivity index (χ0v) is 13.9. The third-order valence-electron chi connectivity index (χ3n) is 3.21. The Morgan fingerprint density at radius 2 is 2.00 bits per heavy atom. The predicted molar refractivity (Wildman–Crippen MR) is 91.8 cm³/mol. The van der Waals surface area contributed by atoms with Crippen LogP contribution in [0.15, 0.2) is 23.1 Å². The van der Waals surface area contributed by atoms with Crippen LogP contribution >= 0.6 is 24.0 Å². The van der Waals surface area contributed by atoms with Crippen molar-refractivity contribution in [1.29, 1.82) is 0 Å². The molecule has 1 aliphatic heterocycles. The average Bonchev–Trinajstić information content (AvgIpc) is 2.76. The van der Waals surface area contributed by atoms with Gasteiger partial charge in [-0.25, -0.2) is 4.79 Å². The molecule has 0 aromatic heterocycles. The van der Waals surface area contributed by atoms with Gasteiger partial charge in [0.05, 0.1) is 10.5 Å². The highest BCUT2D eigenvalue weighted by molar-refractivity contribution is 8.26. The lowest BCUT2D eigenvalue weighted by Gasteiger charge is -2.13. The van der Waals surface area contributed by atoms with Crippen molar-refractivity contribution in [2.75, 3.05) is 6.54 Å². The molecule has 1 aromatic carbocycles. The second-order valence-corrected chi connectivity index (χ2v) is 6.59. The first-order valence-electron chi connectivity index (χ1n) is 6.83. The van der Waals surface area contributed by atoms with E-state index >= 15 is 0 Å². The minimum Gasteiger partial charge on any atom is -0.507 e. The second-order valence-electron chi connectivity index (χ2n) is 4.91. The van der Waals surface area contributed by atoms with Gasteiger partial charge in [0.2, 0.25) is 0 Å². The number of rotatable bonds is 6. The van der Waals surface area contributed by atoms with Crippen molar-refractivity contribution in [3.8, 4) is 5.75 Å². The van der Waals surface area contributed by atoms with Gasteiger partial charge in [-0.2, -0.15) is 0 Å². The fourth-order valence-electron chi connectivity index (χ4n) is 2.03. The van der Waals surface area contributed by atoms with Gasteiger partial charge in [0.15, 0.2) is 0 Å². The van der Waals surface area contributed by atoms with E-state index in [2.05, 4.69) is 0 Å². The number of benzene rings is 1. The van der Waals surface area contributed by atoms with Gasteiger partial charge < -0.3 is 15.3 Å². The summed E-state index contributed by atoms with van der Waals surface area (Å²) in [5.74, 6) is -2.65. The number of phenolic OH excluding ortho intramolecular Hbond substituents is 1. The summed E-state index contributed by atoms with van der Waals surface area (Å²) in [6, 6.07) is 3.75. The number of aliphatic carboxylic acids is 1. The highest BCUT2D eigenvalue weighted by Gasteiger charge is 2.31. The van der Waals surface area contributed by atoms with E-state index in [9.17, 15) is 19.5 Å². The summed E-state index contributed by atoms with van der Waals surface area (Å²) < 4.78 is 0.297. The highest BCUT2D eigenvalue weighted by atomic mass is 32.2. The van der Waals surface area contributed by atoms with E-state index < -0.39 is 17.8 Å². The molecule has 126 valence electrons. The molecule has 0 aliphatic carbocycles. The number of carboxylic acids is 2. The van der Waals surface area contributed by atoms with Crippen molar-refractivity contribution in [2.45, 2.75) is 12.8 Å². The lowest BCUT2D eigenvalue weighted by Crippen LogP contribution is -2.29. The zero-order chi connectivity index (χ0) is 17.9. The second kappa shape index (κ2) is 7.45. The van der Waals surface area contributed by atoms with Crippen molar-refractivity contribution in [2.24, 2.45) is 0 Å². The standard InChI is InChI=1S/C15H13NO6S2/c17-10-4-3-8(14(21)22)6-9(10)7-11-13(20)16(15(23)24-11)5-1-2-12(18)19/h3-4,6-7,17H,1-2,5H2,(H,18,19)(H,21,22)/b11-7-. The van der Waals surface area contributed by atoms with E-state index in [1.165, 1.54) is 29.2 Å². The van der Waals surface area contributed by atoms with Crippen molar-refractivity contribution in [1.82, 2.24) is 4.90 Å². The normalized spacial score (nSPS) is 16.0. The van der Waals surface area contributed by atoms with Gasteiger partial charge in [0, 0.05) is 18.5 Å². The van der Waals surface area contributed by atoms with Gasteiger partial charge in [0.25, 0.3) is 5.91 Å². The minimum absolute atomic E-state index is 0.0176. The van der Waals surface area contributed by atoms with E-state index in [-0.39, 0.29) is 41.2 Å². The van der Waals surface area contributed by atoms with Gasteiger partial charge in [-0.3, -0.25) is 14.5 Å². The summed E-state index contributed by atoms with van der Waals surface area (Å²) in [4.78, 5) is 35.4. The van der Waals surface area contributed by atoms with Gasteiger partial charge in [-0.15, -0.1) is 0 Å². The number of hydrogen-bond donors (Lipinski definition) is 3. The summed E-state index contributed by atoms with van der Waals surface area (Å²) in [7, 11) is 0. The quantitative estimate of drug-likeness (QED) is 0.517. The molecule has 1 heterocycles. The van der Waals surface area contributed by atoms with Crippen LogP contribution in [0.3, 0.4) is 0 Å². The highest BCUT2D eigenvalue weighted by Crippen LogP contribution is 2.34. The summed E-state index contributed by atoms with van der Waals surface area (Å²) in [6.45, 7) is 0.190. The number of carbonyl (C=O) groups is 3. The number of thioether (sulfide) groups is 1. The molecular weight excluding hydrogens is 354 g/mol. The molecule has 0 unspecified atom stereocenters. The van der Waals surface area contributed by atoms with E-state index in [4.69, 9.17) is 22.4 Å². The van der Waals surface area contributed by atoms with Crippen molar-refractivity contribution >= 4 is 52.2 Å². The van der Waals surface area contributed by atoms with E-state index in [0.29, 0.717) is 4.32 Å². The topological polar surface area (TPSA) is 115 Å². The number of carboxylic acid groups (broad SMARTS) is 2. The Kier molecular flexibility index (Phi) is 5.58. The first-order chi connectivity index (χ1) is 11.3. The molecule has 1 fully saturated rings. The van der Waals surface area contributed by atoms with Crippen LogP contribution < -0.4 is 0 Å². The van der Waals surface area contributed by atoms with Crippen molar-refractivity contribution in [3.63, 3.8) is 0 Å². The van der Waals surface area contributed by atoms with Gasteiger partial charge in [-0.05, 0) is 30.7 Å². The van der Waals surface area contributed by atoms with Crippen LogP contribution in [0, 0.1) is 0 Å². The number of amides is 1. The molecule has 1 saturated heterocycles. The molecule has 1 aromatic rings. The number of aromatic carboxylic acids is 1. The minimum atomic E-state index is -1.15. The Morgan fingerprint density at radius 3 is 2.62 bits per heavy atom. The van der Waals surface area contributed by atoms with Crippen LogP contribution in [0.4, 0.5) is 0 Å². The zero-order valence-electron chi connectivity index (χ0n) is 12.3. The van der Waals surface area contributed by atoms with Crippen LogP contribution in [0.5, 0.6) is 5.75 Å². The van der Waals surface area contributed by atoms with E-state index in [0.717, 1.165) is 11.8 Å². The fourth-order valence-corrected chi connectivity index (χ4v) is 3.33. The van der Waals surface area contributed by atoms with E-state index in [1.54, 1.807) is 0 Å². The van der Waals surface area contributed by atoms with Crippen LogP contribution in [-0.2, 0) is 9.59 Å². The van der Waals surface area contributed by atoms with Gasteiger partial charge >= 0.3 is 11.9 Å². The number of aromatic hydroxyl groups is 1. The van der Waals surface area contributed by atoms with Crippen LogP contribution in [0.2, 0.25) is 0 Å². The lowest BCUT2D eigenvalue weighted by molar-refractivity contribution is -0.137. The van der Waals surface area contributed by atoms with Crippen molar-refractivity contribution < 1.29 is 29.7 Å². The summed E-state index contributed by atoms with van der Waals surface area (Å²) in [5, 5.41) is 27.5. The van der Waals surface area contributed by atoms with Crippen LogP contribution in [0.1, 0.15) is 28.8 Å². The average molecular weight is 367 g/mol. The molecule has 0 atom stereocenters. The Labute approximate surface area is 146 Å². The maximum Gasteiger partial charge on any atom is 0.335 e. The molecular formula is C15H13NO6S2. The third-order valence-corrected chi connectivity index (χ3v) is 4.58. The summed E-state index contributed by atoms with van der Waals surface area (Å²) >= 11 is 6.13. The smallest absolute Gasteiger partial charge is 0.335 e. The number of carbonyl (C=O) groups excluding carboxylic acids is 1. The molecule has 24 heavy (non-hydrogen) atoms. The largest absolute Gasteiger partial charge is 0.507 e. The molecule has 9 heteroatoms. The molecule has 0 radical (unpaired) electrons. The SMILES string of the molecule is O=C(O)CCCN1C(=O)/C(=C/c2cc(C(=O)O)ccc2O)SC1=S. The third kappa shape index (κ3) is 4.12. The molecule has 1 amide bonds. The molecule has 3 N–H and O–H groups in total. The molecule has 0 saturated carbocycles. The van der Waals surface area contributed by atoms with Crippen LogP contribution in [-0.4, -0.2) is 48.9 Å². The number of hydrogen-bond acceptors (Lipinski definition) is 6. The molecule has 0 spiro atoms. The summed E-state index contributed by atoms with van der Waals surface area (Å²) in [5.41, 5.74) is 0.178. The fraction of sp³-hybridized carbons (Fsp3) is 0.200. The Bertz CT molecular complexity index is 758. The molecule has 1 aliphatic rings. The monoisotopic (exact) mass is 367 g/mol. The molecule has 2 rings (SSSR count). The first-order valence-corrected chi connectivity index (χ1v) is 8.05. The summed E-state index contributed by atoms with van der Waals surface area (Å²) in [6.07, 6.45) is 1.57. The maximum atomic E-state index is 12.3. The van der Waals surface area contributed by atoms with Crippen LogP contribution in [0.25, 0.3) is 6.08 Å². The Morgan fingerprint density at radius 1 is 1.29 bits per heavy atom. The van der Waals surface area contributed by atoms with Gasteiger partial charge in [0.1, 0.15) is 10.1 Å². The predicted octanol–water partition coefficient (Wildman–Crippen LogP) is 2.16. The van der Waals surface area contributed by atoms with Gasteiger partial charge in [-0.1, -0.05) is 24.0 Å². The lowest BCUT2D eigenvalue weighted by atomic mass is 10.1. The molecule has 0 bridgehead atoms. The number of thiocarbonyl (C=S) groups is 1.